The molecule has 1 aromatic carbocycles. The van der Waals surface area contributed by atoms with E-state index in [2.05, 4.69) is 5.32 Å². The van der Waals surface area contributed by atoms with Gasteiger partial charge in [0.25, 0.3) is 0 Å². The maximum atomic E-state index is 12.2. The summed E-state index contributed by atoms with van der Waals surface area (Å²) in [5.41, 5.74) is 0.448. The number of hydrogen-bond donors (Lipinski definition) is 2. The van der Waals surface area contributed by atoms with Gasteiger partial charge in [0.2, 0.25) is 5.91 Å². The topological polar surface area (TPSA) is 75.6 Å². The van der Waals surface area contributed by atoms with E-state index in [9.17, 15) is 9.59 Å². The number of amides is 1. The minimum Gasteiger partial charge on any atom is -0.489 e. The van der Waals surface area contributed by atoms with Gasteiger partial charge in [-0.3, -0.25) is 4.79 Å². The molecule has 7 heteroatoms. The first-order valence-corrected chi connectivity index (χ1v) is 8.67. The lowest BCUT2D eigenvalue weighted by Gasteiger charge is -2.15. The molecular formula is C17H18ClNO4S. The van der Waals surface area contributed by atoms with Crippen molar-refractivity contribution in [2.75, 3.05) is 5.32 Å². The summed E-state index contributed by atoms with van der Waals surface area (Å²) >= 11 is 7.36. The monoisotopic (exact) mass is 367 g/mol. The van der Waals surface area contributed by atoms with Crippen LogP contribution in [0.3, 0.4) is 0 Å². The number of carboxylic acid groups (broad SMARTS) is 1. The van der Waals surface area contributed by atoms with E-state index >= 15 is 0 Å². The second kappa shape index (κ2) is 8.17. The molecule has 0 fully saturated rings. The molecule has 0 saturated carbocycles. The van der Waals surface area contributed by atoms with Crippen LogP contribution in [0.15, 0.2) is 29.6 Å². The van der Waals surface area contributed by atoms with Gasteiger partial charge >= 0.3 is 5.97 Å². The van der Waals surface area contributed by atoms with Gasteiger partial charge in [-0.25, -0.2) is 4.79 Å². The van der Waals surface area contributed by atoms with Gasteiger partial charge in [0.1, 0.15) is 5.75 Å². The predicted molar refractivity (Wildman–Crippen MR) is 95.4 cm³/mol. The summed E-state index contributed by atoms with van der Waals surface area (Å²) in [5.74, 6) is -0.826. The number of halogens is 1. The lowest BCUT2D eigenvalue weighted by atomic mass is 10.1. The molecule has 0 unspecified atom stereocenters. The maximum Gasteiger partial charge on any atom is 0.335 e. The lowest BCUT2D eigenvalue weighted by molar-refractivity contribution is -0.116. The second-order valence-electron chi connectivity index (χ2n) is 5.46. The number of aryl methyl sites for hydroxylation is 1. The molecule has 128 valence electrons. The van der Waals surface area contributed by atoms with E-state index < -0.39 is 5.97 Å². The molecule has 5 nitrogen and oxygen atoms in total. The van der Waals surface area contributed by atoms with E-state index in [0.717, 1.165) is 4.88 Å². The average molecular weight is 368 g/mol. The summed E-state index contributed by atoms with van der Waals surface area (Å²) in [4.78, 5) is 24.3. The van der Waals surface area contributed by atoms with Crippen LogP contribution in [0.2, 0.25) is 5.02 Å². The Morgan fingerprint density at radius 1 is 1.33 bits per heavy atom. The Balaban J connectivity index is 2.08. The van der Waals surface area contributed by atoms with E-state index in [1.165, 1.54) is 23.5 Å². The van der Waals surface area contributed by atoms with Crippen molar-refractivity contribution >= 4 is 40.5 Å². The van der Waals surface area contributed by atoms with Crippen molar-refractivity contribution in [2.45, 2.75) is 32.8 Å². The zero-order valence-electron chi connectivity index (χ0n) is 13.3. The number of carbonyl (C=O) groups is 2. The van der Waals surface area contributed by atoms with Gasteiger partial charge in [-0.2, -0.15) is 0 Å². The standard InChI is InChI=1S/C17H18ClNO4S/c1-10(2)23-15-5-3-11(17(21)22)7-14(15)19-16(20)6-4-13-8-12(18)9-24-13/h3,5,7-10H,4,6H2,1-2H3,(H,19,20)(H,21,22). The van der Waals surface area contributed by atoms with E-state index in [4.69, 9.17) is 21.4 Å². The van der Waals surface area contributed by atoms with Crippen LogP contribution in [0.5, 0.6) is 5.75 Å². The van der Waals surface area contributed by atoms with Crippen LogP contribution in [0.25, 0.3) is 0 Å². The minimum atomic E-state index is -1.06. The third-order valence-electron chi connectivity index (χ3n) is 3.08. The van der Waals surface area contributed by atoms with Crippen molar-refractivity contribution < 1.29 is 19.4 Å². The number of nitrogens with one attached hydrogen (secondary N) is 1. The van der Waals surface area contributed by atoms with Crippen molar-refractivity contribution in [1.82, 2.24) is 0 Å². The summed E-state index contributed by atoms with van der Waals surface area (Å²) in [6.07, 6.45) is 0.752. The highest BCUT2D eigenvalue weighted by atomic mass is 35.5. The van der Waals surface area contributed by atoms with Gasteiger partial charge in [0, 0.05) is 16.7 Å². The zero-order valence-corrected chi connectivity index (χ0v) is 14.9. The molecule has 0 radical (unpaired) electrons. The summed E-state index contributed by atoms with van der Waals surface area (Å²) in [7, 11) is 0. The van der Waals surface area contributed by atoms with Crippen LogP contribution in [-0.2, 0) is 11.2 Å². The Kier molecular flexibility index (Phi) is 6.23. The third-order valence-corrected chi connectivity index (χ3v) is 4.43. The Bertz CT molecular complexity index is 742. The Labute approximate surface area is 149 Å². The molecule has 0 spiro atoms. The average Bonchev–Trinajstić information content (AvgIpc) is 2.92. The van der Waals surface area contributed by atoms with Crippen molar-refractivity contribution in [3.63, 3.8) is 0 Å². The summed E-state index contributed by atoms with van der Waals surface area (Å²) in [6.45, 7) is 3.72. The summed E-state index contributed by atoms with van der Waals surface area (Å²) in [5, 5.41) is 14.3. The highest BCUT2D eigenvalue weighted by molar-refractivity contribution is 7.10. The van der Waals surface area contributed by atoms with Crippen LogP contribution in [0, 0.1) is 0 Å². The molecule has 2 N–H and O–H groups in total. The van der Waals surface area contributed by atoms with Gasteiger partial charge < -0.3 is 15.2 Å². The quantitative estimate of drug-likeness (QED) is 0.757. The first kappa shape index (κ1) is 18.3. The molecule has 0 bridgehead atoms. The Hall–Kier alpha value is -2.05. The lowest BCUT2D eigenvalue weighted by Crippen LogP contribution is -2.15. The largest absolute Gasteiger partial charge is 0.489 e. The summed E-state index contributed by atoms with van der Waals surface area (Å²) in [6, 6.07) is 6.24. The number of aromatic carboxylic acids is 1. The number of anilines is 1. The van der Waals surface area contributed by atoms with Crippen molar-refractivity contribution in [3.8, 4) is 5.75 Å². The van der Waals surface area contributed by atoms with Gasteiger partial charge in [0.05, 0.1) is 22.4 Å². The molecule has 24 heavy (non-hydrogen) atoms. The molecule has 1 aromatic heterocycles. The summed E-state index contributed by atoms with van der Waals surface area (Å²) < 4.78 is 5.62. The minimum absolute atomic E-state index is 0.0893. The third kappa shape index (κ3) is 5.25. The van der Waals surface area contributed by atoms with Crippen LogP contribution >= 0.6 is 22.9 Å². The molecule has 2 rings (SSSR count). The van der Waals surface area contributed by atoms with E-state index in [1.807, 2.05) is 25.3 Å². The molecule has 1 amide bonds. The number of hydrogen-bond acceptors (Lipinski definition) is 4. The number of thiophene rings is 1. The molecule has 0 aliphatic rings. The van der Waals surface area contributed by atoms with Gasteiger partial charge in [0.15, 0.2) is 0 Å². The fourth-order valence-electron chi connectivity index (χ4n) is 2.05. The smallest absolute Gasteiger partial charge is 0.335 e. The first-order valence-electron chi connectivity index (χ1n) is 7.42. The van der Waals surface area contributed by atoms with Gasteiger partial charge in [-0.15, -0.1) is 11.3 Å². The number of carboxylic acids is 1. The SMILES string of the molecule is CC(C)Oc1ccc(C(=O)O)cc1NC(=O)CCc1cc(Cl)cs1. The van der Waals surface area contributed by atoms with Gasteiger partial charge in [-0.05, 0) is 44.5 Å². The normalized spacial score (nSPS) is 10.7. The van der Waals surface area contributed by atoms with E-state index in [-0.39, 0.29) is 24.0 Å². The zero-order chi connectivity index (χ0) is 17.7. The highest BCUT2D eigenvalue weighted by Crippen LogP contribution is 2.27. The number of rotatable bonds is 7. The second-order valence-corrected chi connectivity index (χ2v) is 6.89. The van der Waals surface area contributed by atoms with E-state index in [0.29, 0.717) is 22.9 Å². The molecular weight excluding hydrogens is 350 g/mol. The van der Waals surface area contributed by atoms with Crippen LogP contribution in [0.1, 0.15) is 35.5 Å². The van der Waals surface area contributed by atoms with Crippen LogP contribution in [0.4, 0.5) is 5.69 Å². The molecule has 0 atom stereocenters. The molecule has 0 aliphatic heterocycles. The number of carbonyl (C=O) groups excluding carboxylic acids is 1. The number of ether oxygens (including phenoxy) is 1. The number of benzene rings is 1. The molecule has 0 saturated heterocycles. The predicted octanol–water partition coefficient (Wildman–Crippen LogP) is 4.46. The van der Waals surface area contributed by atoms with E-state index in [1.54, 1.807) is 6.07 Å². The Morgan fingerprint density at radius 2 is 2.08 bits per heavy atom. The highest BCUT2D eigenvalue weighted by Gasteiger charge is 2.13. The van der Waals surface area contributed by atoms with Gasteiger partial charge in [-0.1, -0.05) is 11.6 Å². The first-order chi connectivity index (χ1) is 11.3. The molecule has 0 aliphatic carbocycles. The fourth-order valence-corrected chi connectivity index (χ4v) is 3.13. The van der Waals surface area contributed by atoms with Crippen molar-refractivity contribution in [2.24, 2.45) is 0 Å². The van der Waals surface area contributed by atoms with Crippen LogP contribution < -0.4 is 10.1 Å². The molecule has 1 heterocycles. The maximum absolute atomic E-state index is 12.2. The molecule has 2 aromatic rings. The van der Waals surface area contributed by atoms with Crippen molar-refractivity contribution in [3.05, 3.63) is 45.1 Å². The van der Waals surface area contributed by atoms with Crippen LogP contribution in [-0.4, -0.2) is 23.1 Å². The Morgan fingerprint density at radius 3 is 2.67 bits per heavy atom. The fraction of sp³-hybridized carbons (Fsp3) is 0.294. The van der Waals surface area contributed by atoms with Crippen molar-refractivity contribution in [1.29, 1.82) is 0 Å².